The van der Waals surface area contributed by atoms with Crippen molar-refractivity contribution in [3.63, 3.8) is 0 Å². The highest BCUT2D eigenvalue weighted by molar-refractivity contribution is 5.98. The van der Waals surface area contributed by atoms with Gasteiger partial charge in [0.2, 0.25) is 0 Å². The maximum atomic E-state index is 13.1. The van der Waals surface area contributed by atoms with Gasteiger partial charge in [-0.3, -0.25) is 9.78 Å². The minimum absolute atomic E-state index is 0.0523. The van der Waals surface area contributed by atoms with Crippen LogP contribution in [0.2, 0.25) is 0 Å². The molecule has 0 saturated heterocycles. The standard InChI is InChI=1S/C21H23N3O/c1-23(2)12-13-24(16-17-6-5-11-22-15-17)21(25)20-10-9-18-7-3-4-8-19(18)14-20/h3-11,14-15H,12-13,16H2,1-2H3. The van der Waals surface area contributed by atoms with E-state index in [2.05, 4.69) is 16.0 Å². The molecule has 0 radical (unpaired) electrons. The summed E-state index contributed by atoms with van der Waals surface area (Å²) < 4.78 is 0. The fraction of sp³-hybridized carbons (Fsp3) is 0.238. The number of fused-ring (bicyclic) bond motifs is 1. The van der Waals surface area contributed by atoms with Gasteiger partial charge in [-0.25, -0.2) is 0 Å². The van der Waals surface area contributed by atoms with E-state index >= 15 is 0 Å². The maximum Gasteiger partial charge on any atom is 0.254 e. The molecule has 0 aliphatic heterocycles. The first-order chi connectivity index (χ1) is 12.1. The largest absolute Gasteiger partial charge is 0.333 e. The van der Waals surface area contributed by atoms with Crippen LogP contribution in [0.4, 0.5) is 0 Å². The van der Waals surface area contributed by atoms with Crippen molar-refractivity contribution in [2.75, 3.05) is 27.2 Å². The molecule has 1 aromatic heterocycles. The fourth-order valence-electron chi connectivity index (χ4n) is 2.79. The van der Waals surface area contributed by atoms with E-state index < -0.39 is 0 Å². The molecule has 0 N–H and O–H groups in total. The van der Waals surface area contributed by atoms with Gasteiger partial charge < -0.3 is 9.80 Å². The Morgan fingerprint density at radius 3 is 2.48 bits per heavy atom. The second-order valence-electron chi connectivity index (χ2n) is 6.45. The van der Waals surface area contributed by atoms with Crippen molar-refractivity contribution >= 4 is 16.7 Å². The minimum atomic E-state index is 0.0523. The monoisotopic (exact) mass is 333 g/mol. The smallest absolute Gasteiger partial charge is 0.254 e. The second-order valence-corrected chi connectivity index (χ2v) is 6.45. The van der Waals surface area contributed by atoms with Gasteiger partial charge in [-0.05, 0) is 48.6 Å². The molecule has 4 nitrogen and oxygen atoms in total. The zero-order valence-corrected chi connectivity index (χ0v) is 14.7. The number of pyridine rings is 1. The quantitative estimate of drug-likeness (QED) is 0.693. The Balaban J connectivity index is 1.85. The molecule has 0 atom stereocenters. The summed E-state index contributed by atoms with van der Waals surface area (Å²) in [5, 5.41) is 2.23. The molecular formula is C21H23N3O. The average Bonchev–Trinajstić information content (AvgIpc) is 2.65. The highest BCUT2D eigenvalue weighted by Gasteiger charge is 2.17. The van der Waals surface area contributed by atoms with Crippen LogP contribution in [0.25, 0.3) is 10.8 Å². The van der Waals surface area contributed by atoms with Crippen LogP contribution in [0.5, 0.6) is 0 Å². The summed E-state index contributed by atoms with van der Waals surface area (Å²) in [6, 6.07) is 17.9. The molecule has 3 rings (SSSR count). The molecule has 0 unspecified atom stereocenters. The van der Waals surface area contributed by atoms with Crippen LogP contribution in [0.1, 0.15) is 15.9 Å². The number of hydrogen-bond acceptors (Lipinski definition) is 3. The lowest BCUT2D eigenvalue weighted by Gasteiger charge is -2.24. The number of nitrogens with zero attached hydrogens (tertiary/aromatic N) is 3. The molecule has 3 aromatic rings. The summed E-state index contributed by atoms with van der Waals surface area (Å²) in [4.78, 5) is 21.2. The highest BCUT2D eigenvalue weighted by atomic mass is 16.2. The molecule has 128 valence electrons. The lowest BCUT2D eigenvalue weighted by atomic mass is 10.1. The van der Waals surface area contributed by atoms with Gasteiger partial charge in [-0.15, -0.1) is 0 Å². The van der Waals surface area contributed by atoms with Gasteiger partial charge in [-0.2, -0.15) is 0 Å². The number of carbonyl (C=O) groups is 1. The third-order valence-corrected chi connectivity index (χ3v) is 4.20. The van der Waals surface area contributed by atoms with E-state index in [1.807, 2.05) is 73.7 Å². The molecule has 0 fully saturated rings. The van der Waals surface area contributed by atoms with Crippen molar-refractivity contribution in [1.82, 2.24) is 14.8 Å². The molecule has 0 saturated carbocycles. The number of hydrogen-bond donors (Lipinski definition) is 0. The Bertz CT molecular complexity index is 846. The normalized spacial score (nSPS) is 11.0. The number of likely N-dealkylation sites (N-methyl/N-ethyl adjacent to an activating group) is 1. The maximum absolute atomic E-state index is 13.1. The first kappa shape index (κ1) is 17.1. The van der Waals surface area contributed by atoms with Gasteiger partial charge in [0.25, 0.3) is 5.91 Å². The van der Waals surface area contributed by atoms with Crippen molar-refractivity contribution in [2.45, 2.75) is 6.54 Å². The van der Waals surface area contributed by atoms with Gasteiger partial charge >= 0.3 is 0 Å². The topological polar surface area (TPSA) is 36.4 Å². The Labute approximate surface area is 148 Å². The molecular weight excluding hydrogens is 310 g/mol. The van der Waals surface area contributed by atoms with Crippen molar-refractivity contribution in [2.24, 2.45) is 0 Å². The summed E-state index contributed by atoms with van der Waals surface area (Å²) in [6.07, 6.45) is 3.56. The zero-order chi connectivity index (χ0) is 17.6. The number of benzene rings is 2. The van der Waals surface area contributed by atoms with E-state index in [0.717, 1.165) is 28.4 Å². The Morgan fingerprint density at radius 1 is 0.960 bits per heavy atom. The minimum Gasteiger partial charge on any atom is -0.333 e. The van der Waals surface area contributed by atoms with Crippen LogP contribution in [0.3, 0.4) is 0 Å². The van der Waals surface area contributed by atoms with Crippen molar-refractivity contribution in [1.29, 1.82) is 0 Å². The van der Waals surface area contributed by atoms with E-state index in [0.29, 0.717) is 13.1 Å². The van der Waals surface area contributed by atoms with Gasteiger partial charge in [0, 0.05) is 37.6 Å². The predicted molar refractivity (Wildman–Crippen MR) is 101 cm³/mol. The first-order valence-electron chi connectivity index (χ1n) is 8.45. The Hall–Kier alpha value is -2.72. The van der Waals surface area contributed by atoms with Crippen LogP contribution < -0.4 is 0 Å². The van der Waals surface area contributed by atoms with Gasteiger partial charge in [0.05, 0.1) is 0 Å². The van der Waals surface area contributed by atoms with Crippen LogP contribution in [0.15, 0.2) is 67.0 Å². The van der Waals surface area contributed by atoms with Crippen LogP contribution in [0, 0.1) is 0 Å². The number of amides is 1. The van der Waals surface area contributed by atoms with Gasteiger partial charge in [-0.1, -0.05) is 36.4 Å². The van der Waals surface area contributed by atoms with E-state index in [1.165, 1.54) is 0 Å². The molecule has 0 bridgehead atoms. The van der Waals surface area contributed by atoms with Crippen LogP contribution >= 0.6 is 0 Å². The highest BCUT2D eigenvalue weighted by Crippen LogP contribution is 2.18. The van der Waals surface area contributed by atoms with Crippen molar-refractivity contribution < 1.29 is 4.79 Å². The summed E-state index contributed by atoms with van der Waals surface area (Å²) in [5.41, 5.74) is 1.76. The molecule has 0 spiro atoms. The third kappa shape index (κ3) is 4.43. The van der Waals surface area contributed by atoms with E-state index in [-0.39, 0.29) is 5.91 Å². The zero-order valence-electron chi connectivity index (χ0n) is 14.7. The summed E-state index contributed by atoms with van der Waals surface area (Å²) in [5.74, 6) is 0.0523. The predicted octanol–water partition coefficient (Wildman–Crippen LogP) is 3.44. The summed E-state index contributed by atoms with van der Waals surface area (Å²) in [7, 11) is 4.03. The molecule has 1 amide bonds. The number of carbonyl (C=O) groups excluding carboxylic acids is 1. The first-order valence-corrected chi connectivity index (χ1v) is 8.45. The summed E-state index contributed by atoms with van der Waals surface area (Å²) in [6.45, 7) is 2.06. The second kappa shape index (κ2) is 7.90. The van der Waals surface area contributed by atoms with E-state index in [9.17, 15) is 4.79 Å². The molecule has 25 heavy (non-hydrogen) atoms. The molecule has 2 aromatic carbocycles. The van der Waals surface area contributed by atoms with Gasteiger partial charge in [0.1, 0.15) is 0 Å². The lowest BCUT2D eigenvalue weighted by molar-refractivity contribution is 0.0732. The van der Waals surface area contributed by atoms with E-state index in [4.69, 9.17) is 0 Å². The SMILES string of the molecule is CN(C)CCN(Cc1cccnc1)C(=O)c1ccc2ccccc2c1. The lowest BCUT2D eigenvalue weighted by Crippen LogP contribution is -2.36. The third-order valence-electron chi connectivity index (χ3n) is 4.20. The molecule has 0 aliphatic rings. The number of rotatable bonds is 6. The van der Waals surface area contributed by atoms with Crippen LogP contribution in [-0.4, -0.2) is 47.9 Å². The summed E-state index contributed by atoms with van der Waals surface area (Å²) >= 11 is 0. The Kier molecular flexibility index (Phi) is 5.41. The van der Waals surface area contributed by atoms with E-state index in [1.54, 1.807) is 6.20 Å². The van der Waals surface area contributed by atoms with Gasteiger partial charge in [0.15, 0.2) is 0 Å². The molecule has 4 heteroatoms. The van der Waals surface area contributed by atoms with Crippen molar-refractivity contribution in [3.05, 3.63) is 78.1 Å². The molecule has 1 heterocycles. The Morgan fingerprint density at radius 2 is 1.76 bits per heavy atom. The van der Waals surface area contributed by atoms with Crippen LogP contribution in [-0.2, 0) is 6.54 Å². The fourth-order valence-corrected chi connectivity index (χ4v) is 2.79. The van der Waals surface area contributed by atoms with Crippen molar-refractivity contribution in [3.8, 4) is 0 Å². The molecule has 0 aliphatic carbocycles. The average molecular weight is 333 g/mol. The number of aromatic nitrogens is 1.